The monoisotopic (exact) mass is 491 g/mol. The molecule has 9 heteroatoms. The smallest absolute Gasteiger partial charge is 0.262 e. The number of carbonyl (C=O) groups is 2. The summed E-state index contributed by atoms with van der Waals surface area (Å²) in [6.45, 7) is 8.29. The van der Waals surface area contributed by atoms with Gasteiger partial charge in [0.05, 0.1) is 10.8 Å². The summed E-state index contributed by atoms with van der Waals surface area (Å²) in [4.78, 5) is 27.4. The van der Waals surface area contributed by atoms with Gasteiger partial charge in [0.25, 0.3) is 10.0 Å². The van der Waals surface area contributed by atoms with Crippen LogP contribution in [-0.2, 0) is 19.6 Å². The Bertz CT molecular complexity index is 1140. The van der Waals surface area contributed by atoms with Gasteiger partial charge >= 0.3 is 0 Å². The second-order valence-electron chi connectivity index (χ2n) is 9.42. The molecule has 178 valence electrons. The quantitative estimate of drug-likeness (QED) is 0.635. The summed E-state index contributed by atoms with van der Waals surface area (Å²) in [6.07, 6.45) is 1.42. The maximum atomic E-state index is 13.0. The third kappa shape index (κ3) is 6.26. The van der Waals surface area contributed by atoms with E-state index in [-0.39, 0.29) is 22.6 Å². The highest BCUT2D eigenvalue weighted by molar-refractivity contribution is 7.92. The fraction of sp³-hybridized carbons (Fsp3) is 0.417. The first-order valence-electron chi connectivity index (χ1n) is 10.9. The van der Waals surface area contributed by atoms with Crippen molar-refractivity contribution < 1.29 is 18.0 Å². The number of piperidine rings is 1. The van der Waals surface area contributed by atoms with E-state index in [2.05, 4.69) is 10.0 Å². The molecule has 1 unspecified atom stereocenters. The second kappa shape index (κ2) is 9.73. The number of halogens is 1. The molecule has 1 heterocycles. The lowest BCUT2D eigenvalue weighted by Crippen LogP contribution is -2.47. The van der Waals surface area contributed by atoms with E-state index in [1.54, 1.807) is 48.2 Å². The highest BCUT2D eigenvalue weighted by atomic mass is 35.5. The number of anilines is 2. The van der Waals surface area contributed by atoms with E-state index in [0.29, 0.717) is 41.5 Å². The van der Waals surface area contributed by atoms with Gasteiger partial charge in [-0.15, -0.1) is 0 Å². The highest BCUT2D eigenvalue weighted by Gasteiger charge is 2.33. The summed E-state index contributed by atoms with van der Waals surface area (Å²) in [6, 6.07) is 11.1. The number of hydrogen-bond donors (Lipinski definition) is 2. The van der Waals surface area contributed by atoms with E-state index in [9.17, 15) is 18.0 Å². The molecule has 0 spiro atoms. The summed E-state index contributed by atoms with van der Waals surface area (Å²) in [5.74, 6) is -0.546. The molecule has 0 radical (unpaired) electrons. The maximum Gasteiger partial charge on any atom is 0.262 e. The van der Waals surface area contributed by atoms with Crippen LogP contribution in [0.5, 0.6) is 0 Å². The lowest BCUT2D eigenvalue weighted by Gasteiger charge is -2.35. The van der Waals surface area contributed by atoms with E-state index in [0.717, 1.165) is 6.42 Å². The van der Waals surface area contributed by atoms with Gasteiger partial charge in [0.2, 0.25) is 11.8 Å². The Kier molecular flexibility index (Phi) is 7.39. The van der Waals surface area contributed by atoms with Crippen molar-refractivity contribution in [2.45, 2.75) is 45.4 Å². The fourth-order valence-electron chi connectivity index (χ4n) is 3.79. The van der Waals surface area contributed by atoms with E-state index >= 15 is 0 Å². The molecule has 0 bridgehead atoms. The molecule has 1 saturated heterocycles. The van der Waals surface area contributed by atoms with Gasteiger partial charge in [0.1, 0.15) is 0 Å². The average Bonchev–Trinajstić information content (AvgIpc) is 2.75. The first-order valence-corrected chi connectivity index (χ1v) is 12.7. The van der Waals surface area contributed by atoms with Gasteiger partial charge in [-0.1, -0.05) is 38.4 Å². The van der Waals surface area contributed by atoms with Crippen LogP contribution in [0.3, 0.4) is 0 Å². The zero-order valence-corrected chi connectivity index (χ0v) is 20.9. The Morgan fingerprint density at radius 2 is 1.70 bits per heavy atom. The number of nitrogens with zero attached hydrogens (tertiary/aromatic N) is 1. The van der Waals surface area contributed by atoms with Gasteiger partial charge in [-0.3, -0.25) is 14.3 Å². The van der Waals surface area contributed by atoms with Crippen molar-refractivity contribution in [2.75, 3.05) is 23.1 Å². The summed E-state index contributed by atoms with van der Waals surface area (Å²) in [5, 5.41) is 3.34. The Balaban J connectivity index is 1.74. The number of aryl methyl sites for hydroxylation is 1. The van der Waals surface area contributed by atoms with Gasteiger partial charge < -0.3 is 10.2 Å². The molecule has 2 N–H and O–H groups in total. The molecule has 2 amide bonds. The van der Waals surface area contributed by atoms with Gasteiger partial charge in [-0.2, -0.15) is 0 Å². The molecular weight excluding hydrogens is 462 g/mol. The molecule has 7 nitrogen and oxygen atoms in total. The topological polar surface area (TPSA) is 95.6 Å². The SMILES string of the molecule is Cc1ccc(NC(=O)C2CCCN(C(=O)C(C)(C)C)C2)cc1S(=O)(=O)Nc1ccc(Cl)cc1. The number of sulfonamides is 1. The van der Waals surface area contributed by atoms with Crippen LogP contribution in [0.15, 0.2) is 47.4 Å². The van der Waals surface area contributed by atoms with E-state index in [1.165, 1.54) is 6.07 Å². The summed E-state index contributed by atoms with van der Waals surface area (Å²) < 4.78 is 28.5. The normalized spacial score (nSPS) is 16.9. The number of nitrogens with one attached hydrogen (secondary N) is 2. The van der Waals surface area contributed by atoms with Crippen LogP contribution in [0, 0.1) is 18.3 Å². The van der Waals surface area contributed by atoms with Crippen LogP contribution in [0.4, 0.5) is 11.4 Å². The van der Waals surface area contributed by atoms with E-state index in [1.807, 2.05) is 20.8 Å². The molecule has 3 rings (SSSR count). The predicted molar refractivity (Wildman–Crippen MR) is 131 cm³/mol. The Labute approximate surface area is 200 Å². The zero-order chi connectivity index (χ0) is 24.4. The molecule has 0 saturated carbocycles. The highest BCUT2D eigenvalue weighted by Crippen LogP contribution is 2.27. The van der Waals surface area contributed by atoms with Crippen LogP contribution >= 0.6 is 11.6 Å². The number of likely N-dealkylation sites (tertiary alicyclic amines) is 1. The summed E-state index contributed by atoms with van der Waals surface area (Å²) >= 11 is 5.87. The summed E-state index contributed by atoms with van der Waals surface area (Å²) in [7, 11) is -3.87. The molecular formula is C24H30ClN3O4S. The molecule has 1 fully saturated rings. The number of rotatable bonds is 5. The largest absolute Gasteiger partial charge is 0.341 e. The van der Waals surface area contributed by atoms with Gasteiger partial charge in [-0.25, -0.2) is 8.42 Å². The molecule has 2 aromatic rings. The van der Waals surface area contributed by atoms with Crippen molar-refractivity contribution in [3.05, 3.63) is 53.1 Å². The number of amides is 2. The lowest BCUT2D eigenvalue weighted by molar-refractivity contribution is -0.142. The van der Waals surface area contributed by atoms with Crippen molar-refractivity contribution in [1.82, 2.24) is 4.90 Å². The predicted octanol–water partition coefficient (Wildman–Crippen LogP) is 4.67. The van der Waals surface area contributed by atoms with Gasteiger partial charge in [0, 0.05) is 34.9 Å². The second-order valence-corrected chi connectivity index (χ2v) is 11.5. The standard InChI is InChI=1S/C24H30ClN3O4S/c1-16-7-10-20(14-21(16)33(31,32)27-19-11-8-18(25)9-12-19)26-22(29)17-6-5-13-28(15-17)23(30)24(2,3)4/h7-12,14,17,27H,5-6,13,15H2,1-4H3,(H,26,29). The van der Waals surface area contributed by atoms with Crippen LogP contribution in [0.2, 0.25) is 5.02 Å². The fourth-order valence-corrected chi connectivity index (χ4v) is 5.25. The first kappa shape index (κ1) is 25.1. The van der Waals surface area contributed by atoms with Crippen molar-refractivity contribution in [3.8, 4) is 0 Å². The van der Waals surface area contributed by atoms with Crippen LogP contribution < -0.4 is 10.0 Å². The molecule has 1 aliphatic heterocycles. The molecule has 0 aromatic heterocycles. The number of carbonyl (C=O) groups excluding carboxylic acids is 2. The van der Waals surface area contributed by atoms with Crippen LogP contribution in [0.1, 0.15) is 39.2 Å². The summed E-state index contributed by atoms with van der Waals surface area (Å²) in [5.41, 5.74) is 0.824. The third-order valence-corrected chi connectivity index (χ3v) is 7.34. The Morgan fingerprint density at radius 3 is 2.33 bits per heavy atom. The lowest BCUT2D eigenvalue weighted by atomic mass is 9.91. The minimum absolute atomic E-state index is 0.0250. The van der Waals surface area contributed by atoms with Crippen LogP contribution in [-0.4, -0.2) is 38.2 Å². The zero-order valence-electron chi connectivity index (χ0n) is 19.3. The van der Waals surface area contributed by atoms with Crippen molar-refractivity contribution >= 4 is 44.8 Å². The number of benzene rings is 2. The van der Waals surface area contributed by atoms with Crippen molar-refractivity contribution in [1.29, 1.82) is 0 Å². The van der Waals surface area contributed by atoms with Gasteiger partial charge in [-0.05, 0) is 61.7 Å². The first-order chi connectivity index (χ1) is 15.4. The van der Waals surface area contributed by atoms with Crippen LogP contribution in [0.25, 0.3) is 0 Å². The molecule has 1 aliphatic rings. The van der Waals surface area contributed by atoms with E-state index in [4.69, 9.17) is 11.6 Å². The average molecular weight is 492 g/mol. The van der Waals surface area contributed by atoms with Crippen molar-refractivity contribution in [2.24, 2.45) is 11.3 Å². The third-order valence-electron chi connectivity index (χ3n) is 5.56. The maximum absolute atomic E-state index is 13.0. The minimum atomic E-state index is -3.87. The molecule has 2 aromatic carbocycles. The molecule has 0 aliphatic carbocycles. The van der Waals surface area contributed by atoms with Gasteiger partial charge in [0.15, 0.2) is 0 Å². The Morgan fingerprint density at radius 1 is 1.06 bits per heavy atom. The molecule has 33 heavy (non-hydrogen) atoms. The number of hydrogen-bond acceptors (Lipinski definition) is 4. The minimum Gasteiger partial charge on any atom is -0.341 e. The Hall–Kier alpha value is -2.58. The van der Waals surface area contributed by atoms with Crippen molar-refractivity contribution in [3.63, 3.8) is 0 Å². The van der Waals surface area contributed by atoms with E-state index < -0.39 is 15.4 Å². The molecule has 1 atom stereocenters.